The van der Waals surface area contributed by atoms with Crippen LogP contribution in [-0.2, 0) is 19.5 Å². The van der Waals surface area contributed by atoms with Crippen LogP contribution in [0.15, 0.2) is 30.6 Å². The molecule has 22 heavy (non-hydrogen) atoms. The van der Waals surface area contributed by atoms with Gasteiger partial charge in [-0.15, -0.1) is 0 Å². The second kappa shape index (κ2) is 6.10. The van der Waals surface area contributed by atoms with Crippen LogP contribution in [0.3, 0.4) is 0 Å². The number of nitrogens with zero attached hydrogens (tertiary/aromatic N) is 4. The number of rotatable bonds is 3. The van der Waals surface area contributed by atoms with E-state index in [0.717, 1.165) is 50.5 Å². The number of hydrogen-bond acceptors (Lipinski definition) is 5. The number of fused-ring (bicyclic) bond motifs is 1. The van der Waals surface area contributed by atoms with Crippen molar-refractivity contribution in [3.63, 3.8) is 0 Å². The maximum Gasteiger partial charge on any atom is 0.145 e. The van der Waals surface area contributed by atoms with Gasteiger partial charge in [0.2, 0.25) is 0 Å². The maximum absolute atomic E-state index is 4.82. The van der Waals surface area contributed by atoms with Gasteiger partial charge in [0, 0.05) is 49.7 Å². The van der Waals surface area contributed by atoms with E-state index in [1.807, 2.05) is 24.5 Å². The highest BCUT2D eigenvalue weighted by Gasteiger charge is 2.23. The molecule has 0 unspecified atom stereocenters. The summed E-state index contributed by atoms with van der Waals surface area (Å²) < 4.78 is 0. The van der Waals surface area contributed by atoms with Gasteiger partial charge in [-0.3, -0.25) is 9.88 Å². The zero-order chi connectivity index (χ0) is 14.8. The molecule has 2 aliphatic rings. The predicted molar refractivity (Wildman–Crippen MR) is 84.1 cm³/mol. The number of pyridine rings is 1. The van der Waals surface area contributed by atoms with Gasteiger partial charge in [0.25, 0.3) is 0 Å². The monoisotopic (exact) mass is 295 g/mol. The first-order valence-corrected chi connectivity index (χ1v) is 8.09. The van der Waals surface area contributed by atoms with Crippen molar-refractivity contribution < 1.29 is 0 Å². The summed E-state index contributed by atoms with van der Waals surface area (Å²) in [5.74, 6) is 0.981. The Morgan fingerprint density at radius 1 is 1.27 bits per heavy atom. The molecule has 4 rings (SSSR count). The first kappa shape index (κ1) is 13.8. The van der Waals surface area contributed by atoms with Crippen molar-refractivity contribution in [2.24, 2.45) is 0 Å². The third kappa shape index (κ3) is 2.87. The average molecular weight is 295 g/mol. The summed E-state index contributed by atoms with van der Waals surface area (Å²) in [6.07, 6.45) is 7.28. The van der Waals surface area contributed by atoms with Crippen molar-refractivity contribution in [3.05, 3.63) is 53.4 Å². The minimum absolute atomic E-state index is 0.358. The van der Waals surface area contributed by atoms with Gasteiger partial charge in [-0.2, -0.15) is 0 Å². The number of hydrogen-bond donors (Lipinski definition) is 1. The molecule has 0 radical (unpaired) electrons. The Bertz CT molecular complexity index is 637. The molecule has 2 aromatic rings. The molecule has 1 atom stereocenters. The lowest BCUT2D eigenvalue weighted by atomic mass is 10.1. The highest BCUT2D eigenvalue weighted by molar-refractivity contribution is 5.22. The Hall–Kier alpha value is -1.85. The summed E-state index contributed by atoms with van der Waals surface area (Å²) in [6.45, 7) is 3.94. The van der Waals surface area contributed by atoms with Gasteiger partial charge in [0.1, 0.15) is 5.82 Å². The molecule has 0 amide bonds. The van der Waals surface area contributed by atoms with Gasteiger partial charge in [-0.25, -0.2) is 9.97 Å². The molecule has 5 heteroatoms. The Kier molecular flexibility index (Phi) is 3.83. The first-order valence-electron chi connectivity index (χ1n) is 8.09. The first-order chi connectivity index (χ1) is 10.9. The Morgan fingerprint density at radius 3 is 3.09 bits per heavy atom. The van der Waals surface area contributed by atoms with Crippen LogP contribution >= 0.6 is 0 Å². The molecular weight excluding hydrogens is 274 g/mol. The maximum atomic E-state index is 4.82. The highest BCUT2D eigenvalue weighted by Crippen LogP contribution is 2.23. The molecule has 0 spiro atoms. The van der Waals surface area contributed by atoms with Crippen molar-refractivity contribution in [1.82, 2.24) is 25.2 Å². The molecule has 0 saturated carbocycles. The van der Waals surface area contributed by atoms with Gasteiger partial charge in [-0.05, 0) is 31.5 Å². The van der Waals surface area contributed by atoms with Crippen LogP contribution in [-0.4, -0.2) is 32.9 Å². The summed E-state index contributed by atoms with van der Waals surface area (Å²) >= 11 is 0. The summed E-state index contributed by atoms with van der Waals surface area (Å²) in [6, 6.07) is 6.45. The minimum Gasteiger partial charge on any atom is -0.307 e. The van der Waals surface area contributed by atoms with E-state index in [2.05, 4.69) is 26.3 Å². The smallest absolute Gasteiger partial charge is 0.145 e. The molecule has 5 nitrogen and oxygen atoms in total. The molecule has 1 saturated heterocycles. The van der Waals surface area contributed by atoms with Gasteiger partial charge < -0.3 is 5.32 Å². The Labute approximate surface area is 130 Å². The zero-order valence-electron chi connectivity index (χ0n) is 12.7. The van der Waals surface area contributed by atoms with Crippen LogP contribution in [0.25, 0.3) is 0 Å². The fourth-order valence-electron chi connectivity index (χ4n) is 3.32. The van der Waals surface area contributed by atoms with E-state index in [4.69, 9.17) is 4.98 Å². The average Bonchev–Trinajstić information content (AvgIpc) is 3.10. The van der Waals surface area contributed by atoms with E-state index in [0.29, 0.717) is 6.04 Å². The van der Waals surface area contributed by atoms with Crippen molar-refractivity contribution in [2.45, 2.75) is 38.4 Å². The van der Waals surface area contributed by atoms with Crippen LogP contribution in [0.4, 0.5) is 0 Å². The fourth-order valence-corrected chi connectivity index (χ4v) is 3.32. The molecular formula is C17H21N5. The third-order valence-corrected chi connectivity index (χ3v) is 4.52. The summed E-state index contributed by atoms with van der Waals surface area (Å²) in [5, 5.41) is 3.48. The molecule has 1 N–H and O–H groups in total. The SMILES string of the molecule is c1ccc(CN2CCc3nc([C@@H]4CCCN4)ncc3C2)nc1. The van der Waals surface area contributed by atoms with Crippen LogP contribution in [0.1, 0.15) is 41.7 Å². The third-order valence-electron chi connectivity index (χ3n) is 4.52. The lowest BCUT2D eigenvalue weighted by Gasteiger charge is -2.28. The van der Waals surface area contributed by atoms with Crippen LogP contribution in [0.2, 0.25) is 0 Å². The molecule has 4 heterocycles. The topological polar surface area (TPSA) is 53.9 Å². The van der Waals surface area contributed by atoms with Crippen molar-refractivity contribution in [2.75, 3.05) is 13.1 Å². The van der Waals surface area contributed by atoms with Crippen LogP contribution in [0.5, 0.6) is 0 Å². The molecule has 0 bridgehead atoms. The molecule has 114 valence electrons. The Balaban J connectivity index is 1.47. The van der Waals surface area contributed by atoms with Gasteiger partial charge in [-0.1, -0.05) is 6.07 Å². The second-order valence-corrected chi connectivity index (χ2v) is 6.13. The van der Waals surface area contributed by atoms with E-state index in [9.17, 15) is 0 Å². The highest BCUT2D eigenvalue weighted by atomic mass is 15.1. The molecule has 0 aliphatic carbocycles. The second-order valence-electron chi connectivity index (χ2n) is 6.13. The quantitative estimate of drug-likeness (QED) is 0.936. The number of nitrogens with one attached hydrogen (secondary N) is 1. The van der Waals surface area contributed by atoms with E-state index in [-0.39, 0.29) is 0 Å². The lowest BCUT2D eigenvalue weighted by Crippen LogP contribution is -2.31. The van der Waals surface area contributed by atoms with Gasteiger partial charge in [0.05, 0.1) is 11.7 Å². The largest absolute Gasteiger partial charge is 0.307 e. The Morgan fingerprint density at radius 2 is 2.27 bits per heavy atom. The zero-order valence-corrected chi connectivity index (χ0v) is 12.7. The van der Waals surface area contributed by atoms with Gasteiger partial charge >= 0.3 is 0 Å². The van der Waals surface area contributed by atoms with Crippen LogP contribution in [0, 0.1) is 0 Å². The van der Waals surface area contributed by atoms with E-state index < -0.39 is 0 Å². The van der Waals surface area contributed by atoms with Crippen molar-refractivity contribution >= 4 is 0 Å². The van der Waals surface area contributed by atoms with Crippen molar-refractivity contribution in [3.8, 4) is 0 Å². The standard InChI is InChI=1S/C17H21N5/c1-2-7-18-14(4-1)12-22-9-6-15-13(11-22)10-20-17(21-15)16-5-3-8-19-16/h1-2,4,7,10,16,19H,3,5-6,8-9,11-12H2/t16-/m0/s1. The molecule has 2 aromatic heterocycles. The molecule has 1 fully saturated rings. The lowest BCUT2D eigenvalue weighted by molar-refractivity contribution is 0.239. The molecule has 2 aliphatic heterocycles. The molecule has 0 aromatic carbocycles. The minimum atomic E-state index is 0.358. The summed E-state index contributed by atoms with van der Waals surface area (Å²) in [4.78, 5) is 16.3. The predicted octanol–water partition coefficient (Wildman–Crippen LogP) is 1.85. The normalized spacial score (nSPS) is 21.7. The number of aromatic nitrogens is 3. The fraction of sp³-hybridized carbons (Fsp3) is 0.471. The van der Waals surface area contributed by atoms with Crippen molar-refractivity contribution in [1.29, 1.82) is 0 Å². The van der Waals surface area contributed by atoms with Gasteiger partial charge in [0.15, 0.2) is 0 Å². The summed E-state index contributed by atoms with van der Waals surface area (Å²) in [7, 11) is 0. The van der Waals surface area contributed by atoms with E-state index in [1.165, 1.54) is 17.7 Å². The summed E-state index contributed by atoms with van der Waals surface area (Å²) in [5.41, 5.74) is 3.62. The van der Waals surface area contributed by atoms with E-state index >= 15 is 0 Å². The van der Waals surface area contributed by atoms with E-state index in [1.54, 1.807) is 0 Å². The van der Waals surface area contributed by atoms with Crippen LogP contribution < -0.4 is 5.32 Å².